The second-order valence-corrected chi connectivity index (χ2v) is 9.46. The first-order valence-corrected chi connectivity index (χ1v) is 14.3. The second kappa shape index (κ2) is 26.5. The number of esters is 2. The molecule has 0 aromatic heterocycles. The van der Waals surface area contributed by atoms with Gasteiger partial charge in [0.15, 0.2) is 0 Å². The van der Waals surface area contributed by atoms with Crippen LogP contribution in [0.4, 0.5) is 0 Å². The molecule has 0 amide bonds. The van der Waals surface area contributed by atoms with Gasteiger partial charge in [-0.3, -0.25) is 9.59 Å². The van der Waals surface area contributed by atoms with Crippen LogP contribution < -0.4 is 0 Å². The van der Waals surface area contributed by atoms with Gasteiger partial charge in [0.1, 0.15) is 0 Å². The number of carbonyl (C=O) groups is 2. The van der Waals surface area contributed by atoms with Crippen LogP contribution in [0.15, 0.2) is 0 Å². The topological polar surface area (TPSA) is 76.1 Å². The Labute approximate surface area is 210 Å². The predicted molar refractivity (Wildman–Crippen MR) is 140 cm³/mol. The zero-order valence-electron chi connectivity index (χ0n) is 22.5. The van der Waals surface area contributed by atoms with E-state index in [1.807, 2.05) is 0 Å². The molecule has 202 valence electrons. The molecule has 0 rings (SSSR count). The van der Waals surface area contributed by atoms with Gasteiger partial charge < -0.3 is 19.5 Å². The number of hydrogen-bond acceptors (Lipinski definition) is 6. The third kappa shape index (κ3) is 24.0. The number of nitrogens with zero attached hydrogens (tertiary/aromatic N) is 1. The number of aliphatic hydroxyl groups is 1. The average molecular weight is 486 g/mol. The molecule has 0 spiro atoms. The van der Waals surface area contributed by atoms with Crippen LogP contribution in [0.25, 0.3) is 0 Å². The number of carbonyl (C=O) groups excluding carboxylic acids is 2. The summed E-state index contributed by atoms with van der Waals surface area (Å²) in [5.41, 5.74) is 0. The molecular formula is C28H55NO5. The van der Waals surface area contributed by atoms with Crippen LogP contribution in [0.3, 0.4) is 0 Å². The lowest BCUT2D eigenvalue weighted by molar-refractivity contribution is -0.144. The van der Waals surface area contributed by atoms with Crippen molar-refractivity contribution in [2.24, 2.45) is 0 Å². The maximum atomic E-state index is 12.0. The highest BCUT2D eigenvalue weighted by molar-refractivity contribution is 5.69. The van der Waals surface area contributed by atoms with E-state index in [-0.39, 0.29) is 18.5 Å². The van der Waals surface area contributed by atoms with Crippen molar-refractivity contribution in [1.29, 1.82) is 0 Å². The number of unbranched alkanes of at least 4 members (excludes halogenated alkanes) is 11. The normalized spacial score (nSPS) is 11.2. The summed E-state index contributed by atoms with van der Waals surface area (Å²) in [5.74, 6) is -0.193. The summed E-state index contributed by atoms with van der Waals surface area (Å²) in [7, 11) is 0. The Hall–Kier alpha value is -1.14. The summed E-state index contributed by atoms with van der Waals surface area (Å²) in [6.45, 7) is 8.38. The van der Waals surface area contributed by atoms with E-state index in [1.165, 1.54) is 38.5 Å². The Bertz CT molecular complexity index is 424. The third-order valence-corrected chi connectivity index (χ3v) is 6.11. The van der Waals surface area contributed by atoms with E-state index in [9.17, 15) is 9.59 Å². The van der Waals surface area contributed by atoms with E-state index in [0.717, 1.165) is 83.8 Å². The lowest BCUT2D eigenvalue weighted by Crippen LogP contribution is -2.28. The lowest BCUT2D eigenvalue weighted by atomic mass is 10.1. The zero-order chi connectivity index (χ0) is 25.1. The van der Waals surface area contributed by atoms with Gasteiger partial charge in [-0.05, 0) is 58.2 Å². The Morgan fingerprint density at radius 1 is 0.559 bits per heavy atom. The fourth-order valence-corrected chi connectivity index (χ4v) is 3.96. The molecule has 6 heteroatoms. The van der Waals surface area contributed by atoms with Crippen LogP contribution in [-0.2, 0) is 19.1 Å². The van der Waals surface area contributed by atoms with E-state index < -0.39 is 0 Å². The molecule has 0 fully saturated rings. The maximum absolute atomic E-state index is 12.0. The third-order valence-electron chi connectivity index (χ3n) is 6.11. The summed E-state index contributed by atoms with van der Waals surface area (Å²) in [6.07, 6.45) is 18.1. The molecule has 0 aliphatic rings. The van der Waals surface area contributed by atoms with Crippen LogP contribution in [0.5, 0.6) is 0 Å². The highest BCUT2D eigenvalue weighted by Crippen LogP contribution is 2.08. The van der Waals surface area contributed by atoms with Crippen molar-refractivity contribution in [3.8, 4) is 0 Å². The summed E-state index contributed by atoms with van der Waals surface area (Å²) in [6, 6.07) is 0. The SMILES string of the molecule is CCCCCCCOC(=O)CCCN(CCCCCCO)CCCC(=O)OCCCCCCC. The second-order valence-electron chi connectivity index (χ2n) is 9.46. The fraction of sp³-hybridized carbons (Fsp3) is 0.929. The molecule has 0 aliphatic carbocycles. The number of rotatable bonds is 26. The van der Waals surface area contributed by atoms with Crippen LogP contribution in [0.2, 0.25) is 0 Å². The van der Waals surface area contributed by atoms with Gasteiger partial charge in [0.25, 0.3) is 0 Å². The van der Waals surface area contributed by atoms with E-state index in [4.69, 9.17) is 14.6 Å². The minimum atomic E-state index is -0.0964. The Kier molecular flexibility index (Phi) is 25.6. The van der Waals surface area contributed by atoms with Crippen molar-refractivity contribution in [1.82, 2.24) is 4.90 Å². The van der Waals surface area contributed by atoms with Crippen molar-refractivity contribution in [2.45, 2.75) is 129 Å². The van der Waals surface area contributed by atoms with Crippen molar-refractivity contribution < 1.29 is 24.2 Å². The van der Waals surface area contributed by atoms with Gasteiger partial charge in [0, 0.05) is 19.4 Å². The quantitative estimate of drug-likeness (QED) is 0.112. The van der Waals surface area contributed by atoms with Crippen LogP contribution in [0.1, 0.15) is 129 Å². The Morgan fingerprint density at radius 3 is 1.44 bits per heavy atom. The van der Waals surface area contributed by atoms with Gasteiger partial charge in [0.2, 0.25) is 0 Å². The maximum Gasteiger partial charge on any atom is 0.305 e. The summed E-state index contributed by atoms with van der Waals surface area (Å²) < 4.78 is 10.7. The first-order valence-electron chi connectivity index (χ1n) is 14.3. The monoisotopic (exact) mass is 485 g/mol. The standard InChI is InChI=1S/C28H55NO5/c1-3-5-7-11-15-25-33-27(31)19-17-22-29(21-13-9-10-14-24-30)23-18-20-28(32)34-26-16-12-8-6-4-2/h30H,3-26H2,1-2H3. The van der Waals surface area contributed by atoms with Gasteiger partial charge in [-0.1, -0.05) is 78.1 Å². The van der Waals surface area contributed by atoms with Crippen LogP contribution in [-0.4, -0.2) is 61.4 Å². The molecule has 0 aliphatic heterocycles. The number of aliphatic hydroxyl groups excluding tert-OH is 1. The van der Waals surface area contributed by atoms with Crippen LogP contribution in [0, 0.1) is 0 Å². The van der Waals surface area contributed by atoms with Gasteiger partial charge in [-0.2, -0.15) is 0 Å². The van der Waals surface area contributed by atoms with Gasteiger partial charge in [0.05, 0.1) is 13.2 Å². The largest absolute Gasteiger partial charge is 0.466 e. The van der Waals surface area contributed by atoms with E-state index >= 15 is 0 Å². The first-order chi connectivity index (χ1) is 16.6. The molecule has 0 saturated carbocycles. The average Bonchev–Trinajstić information content (AvgIpc) is 2.83. The molecular weight excluding hydrogens is 430 g/mol. The van der Waals surface area contributed by atoms with Crippen molar-refractivity contribution >= 4 is 11.9 Å². The molecule has 6 nitrogen and oxygen atoms in total. The van der Waals surface area contributed by atoms with E-state index in [1.54, 1.807) is 0 Å². The molecule has 1 N–H and O–H groups in total. The summed E-state index contributed by atoms with van der Waals surface area (Å²) in [5, 5.41) is 8.94. The fourth-order valence-electron chi connectivity index (χ4n) is 3.96. The van der Waals surface area contributed by atoms with Crippen molar-refractivity contribution in [2.75, 3.05) is 39.5 Å². The highest BCUT2D eigenvalue weighted by Gasteiger charge is 2.10. The minimum absolute atomic E-state index is 0.0964. The summed E-state index contributed by atoms with van der Waals surface area (Å²) >= 11 is 0. The molecule has 0 bridgehead atoms. The minimum Gasteiger partial charge on any atom is -0.466 e. The lowest BCUT2D eigenvalue weighted by Gasteiger charge is -2.22. The van der Waals surface area contributed by atoms with E-state index in [2.05, 4.69) is 18.7 Å². The first kappa shape index (κ1) is 32.9. The van der Waals surface area contributed by atoms with Gasteiger partial charge in [-0.25, -0.2) is 0 Å². The van der Waals surface area contributed by atoms with Crippen molar-refractivity contribution in [3.05, 3.63) is 0 Å². The van der Waals surface area contributed by atoms with Crippen LogP contribution >= 0.6 is 0 Å². The molecule has 0 aromatic rings. The molecule has 34 heavy (non-hydrogen) atoms. The smallest absolute Gasteiger partial charge is 0.305 e. The molecule has 0 saturated heterocycles. The Balaban J connectivity index is 4.05. The number of ether oxygens (including phenoxy) is 2. The summed E-state index contributed by atoms with van der Waals surface area (Å²) in [4.78, 5) is 26.4. The van der Waals surface area contributed by atoms with Gasteiger partial charge in [-0.15, -0.1) is 0 Å². The van der Waals surface area contributed by atoms with E-state index in [0.29, 0.717) is 26.1 Å². The number of hydrogen-bond donors (Lipinski definition) is 1. The molecule has 0 radical (unpaired) electrons. The molecule has 0 heterocycles. The molecule has 0 unspecified atom stereocenters. The Morgan fingerprint density at radius 2 is 0.971 bits per heavy atom. The van der Waals surface area contributed by atoms with Crippen molar-refractivity contribution in [3.63, 3.8) is 0 Å². The van der Waals surface area contributed by atoms with Gasteiger partial charge >= 0.3 is 11.9 Å². The predicted octanol–water partition coefficient (Wildman–Crippen LogP) is 6.43. The molecule has 0 aromatic carbocycles. The highest BCUT2D eigenvalue weighted by atomic mass is 16.5. The zero-order valence-corrected chi connectivity index (χ0v) is 22.5. The molecule has 0 atom stereocenters.